The van der Waals surface area contributed by atoms with Crippen molar-refractivity contribution in [3.05, 3.63) is 95.8 Å². The van der Waals surface area contributed by atoms with Crippen molar-refractivity contribution < 1.29 is 9.53 Å². The number of fused-ring (bicyclic) bond motifs is 1. The molecule has 0 radical (unpaired) electrons. The summed E-state index contributed by atoms with van der Waals surface area (Å²) in [5, 5.41) is 6.74. The van der Waals surface area contributed by atoms with Crippen molar-refractivity contribution in [3.8, 4) is 5.75 Å². The Bertz CT molecular complexity index is 1140. The van der Waals surface area contributed by atoms with Crippen LogP contribution in [0, 0.1) is 0 Å². The summed E-state index contributed by atoms with van der Waals surface area (Å²) in [6.07, 6.45) is 5.38. The molecule has 0 aliphatic carbocycles. The second-order valence-corrected chi connectivity index (χ2v) is 7.39. The highest BCUT2D eigenvalue weighted by Crippen LogP contribution is 2.23. The van der Waals surface area contributed by atoms with E-state index in [9.17, 15) is 4.79 Å². The van der Waals surface area contributed by atoms with Crippen LogP contribution in [-0.4, -0.2) is 22.3 Å². The highest BCUT2D eigenvalue weighted by atomic mass is 16.5. The average Bonchev–Trinajstić information content (AvgIpc) is 3.26. The molecule has 0 saturated carbocycles. The molecule has 3 aromatic carbocycles. The number of nitrogens with zero attached hydrogens (tertiary/aromatic N) is 2. The van der Waals surface area contributed by atoms with Crippen molar-refractivity contribution in [1.82, 2.24) is 9.78 Å². The third-order valence-corrected chi connectivity index (χ3v) is 5.14. The van der Waals surface area contributed by atoms with Crippen LogP contribution in [0.3, 0.4) is 0 Å². The molecule has 0 bridgehead atoms. The number of rotatable bonds is 9. The van der Waals surface area contributed by atoms with Gasteiger partial charge in [-0.2, -0.15) is 5.10 Å². The molecule has 0 aliphatic rings. The third kappa shape index (κ3) is 5.06. The third-order valence-electron chi connectivity index (χ3n) is 5.14. The zero-order chi connectivity index (χ0) is 20.8. The Morgan fingerprint density at radius 3 is 2.57 bits per heavy atom. The van der Waals surface area contributed by atoms with Crippen LogP contribution in [0.15, 0.2) is 79.1 Å². The second kappa shape index (κ2) is 9.27. The van der Waals surface area contributed by atoms with E-state index in [-0.39, 0.29) is 5.91 Å². The quantitative estimate of drug-likeness (QED) is 0.460. The minimum Gasteiger partial charge on any atom is -0.493 e. The Balaban J connectivity index is 1.47. The molecule has 1 heterocycles. The molecule has 0 saturated heterocycles. The molecule has 0 fully saturated rings. The topological polar surface area (TPSA) is 70.1 Å². The molecule has 1 aromatic heterocycles. The normalized spacial score (nSPS) is 10.9. The smallest absolute Gasteiger partial charge is 0.217 e. The lowest BCUT2D eigenvalue weighted by atomic mass is 10.0. The van der Waals surface area contributed by atoms with Gasteiger partial charge in [-0.05, 0) is 46.0 Å². The lowest BCUT2D eigenvalue weighted by Crippen LogP contribution is -2.12. The number of nitrogens with two attached hydrogens (primary N) is 1. The summed E-state index contributed by atoms with van der Waals surface area (Å²) in [6.45, 7) is 1.23. The molecular weight excluding hydrogens is 374 g/mol. The van der Waals surface area contributed by atoms with Gasteiger partial charge in [0.25, 0.3) is 0 Å². The van der Waals surface area contributed by atoms with Crippen LogP contribution >= 0.6 is 0 Å². The lowest BCUT2D eigenvalue weighted by Gasteiger charge is -2.14. The van der Waals surface area contributed by atoms with E-state index in [1.54, 1.807) is 6.20 Å². The van der Waals surface area contributed by atoms with Gasteiger partial charge in [-0.25, -0.2) is 0 Å². The van der Waals surface area contributed by atoms with E-state index in [1.165, 1.54) is 16.3 Å². The zero-order valence-electron chi connectivity index (χ0n) is 16.8. The van der Waals surface area contributed by atoms with Gasteiger partial charge in [-0.15, -0.1) is 0 Å². The van der Waals surface area contributed by atoms with Gasteiger partial charge in [-0.1, -0.05) is 54.6 Å². The summed E-state index contributed by atoms with van der Waals surface area (Å²) in [7, 11) is 0. The Morgan fingerprint density at radius 2 is 1.77 bits per heavy atom. The molecule has 1 amide bonds. The summed E-state index contributed by atoms with van der Waals surface area (Å²) < 4.78 is 8.04. The Labute approximate surface area is 176 Å². The summed E-state index contributed by atoms with van der Waals surface area (Å²) in [6, 6.07) is 22.9. The SMILES string of the molecule is NC(=O)CCc1ccc(Cn2cccn2)cc1OCCc1ccc2ccccc2c1. The minimum atomic E-state index is -0.308. The average molecular weight is 399 g/mol. The van der Waals surface area contributed by atoms with Crippen molar-refractivity contribution in [2.75, 3.05) is 6.61 Å². The predicted molar refractivity (Wildman–Crippen MR) is 118 cm³/mol. The van der Waals surface area contributed by atoms with Gasteiger partial charge in [0.05, 0.1) is 13.2 Å². The Kier molecular flexibility index (Phi) is 6.09. The lowest BCUT2D eigenvalue weighted by molar-refractivity contribution is -0.117. The van der Waals surface area contributed by atoms with Gasteiger partial charge in [0.1, 0.15) is 5.75 Å². The van der Waals surface area contributed by atoms with Crippen LogP contribution in [0.5, 0.6) is 5.75 Å². The molecule has 4 rings (SSSR count). The van der Waals surface area contributed by atoms with Crippen molar-refractivity contribution in [2.45, 2.75) is 25.8 Å². The molecular formula is C25H25N3O2. The van der Waals surface area contributed by atoms with E-state index in [0.29, 0.717) is 26.0 Å². The standard InChI is InChI=1S/C25H25N3O2/c26-25(29)11-10-22-9-7-20(18-28-14-3-13-27-28)17-24(22)30-15-12-19-6-8-21-4-1-2-5-23(21)16-19/h1-9,13-14,16-17H,10-12,15,18H2,(H2,26,29). The van der Waals surface area contributed by atoms with Crippen molar-refractivity contribution in [3.63, 3.8) is 0 Å². The maximum atomic E-state index is 11.2. The first-order chi connectivity index (χ1) is 14.7. The molecule has 5 nitrogen and oxygen atoms in total. The first kappa shape index (κ1) is 19.7. The fraction of sp³-hybridized carbons (Fsp3) is 0.200. The summed E-state index contributed by atoms with van der Waals surface area (Å²) in [5.74, 6) is 0.499. The van der Waals surface area contributed by atoms with Crippen LogP contribution in [0.1, 0.15) is 23.1 Å². The molecule has 4 aromatic rings. The zero-order valence-corrected chi connectivity index (χ0v) is 16.8. The van der Waals surface area contributed by atoms with Gasteiger partial charge in [0.15, 0.2) is 0 Å². The van der Waals surface area contributed by atoms with Crippen LogP contribution in [0.25, 0.3) is 10.8 Å². The fourth-order valence-corrected chi connectivity index (χ4v) is 3.55. The second-order valence-electron chi connectivity index (χ2n) is 7.39. The molecule has 0 spiro atoms. The number of carbonyl (C=O) groups is 1. The number of hydrogen-bond donors (Lipinski definition) is 1. The van der Waals surface area contributed by atoms with Crippen LogP contribution in [0.4, 0.5) is 0 Å². The molecule has 2 N–H and O–H groups in total. The predicted octanol–water partition coefficient (Wildman–Crippen LogP) is 4.12. The maximum Gasteiger partial charge on any atom is 0.217 e. The highest BCUT2D eigenvalue weighted by Gasteiger charge is 2.09. The van der Waals surface area contributed by atoms with Crippen molar-refractivity contribution in [1.29, 1.82) is 0 Å². The van der Waals surface area contributed by atoms with Gasteiger partial charge < -0.3 is 10.5 Å². The molecule has 0 atom stereocenters. The Hall–Kier alpha value is -3.60. The van der Waals surface area contributed by atoms with Gasteiger partial charge in [0, 0.05) is 25.2 Å². The number of hydrogen-bond acceptors (Lipinski definition) is 3. The maximum absolute atomic E-state index is 11.2. The Morgan fingerprint density at radius 1 is 0.933 bits per heavy atom. The molecule has 0 aliphatic heterocycles. The summed E-state index contributed by atoms with van der Waals surface area (Å²) >= 11 is 0. The van der Waals surface area contributed by atoms with E-state index < -0.39 is 0 Å². The number of benzene rings is 3. The van der Waals surface area contributed by atoms with E-state index in [2.05, 4.69) is 47.6 Å². The molecule has 5 heteroatoms. The minimum absolute atomic E-state index is 0.305. The van der Waals surface area contributed by atoms with Gasteiger partial charge >= 0.3 is 0 Å². The summed E-state index contributed by atoms with van der Waals surface area (Å²) in [4.78, 5) is 11.2. The first-order valence-corrected chi connectivity index (χ1v) is 10.2. The van der Waals surface area contributed by atoms with Gasteiger partial charge in [0.2, 0.25) is 5.91 Å². The number of aromatic nitrogens is 2. The van der Waals surface area contributed by atoms with Crippen molar-refractivity contribution in [2.24, 2.45) is 5.73 Å². The van der Waals surface area contributed by atoms with E-state index in [0.717, 1.165) is 23.3 Å². The van der Waals surface area contributed by atoms with Crippen LogP contribution < -0.4 is 10.5 Å². The number of ether oxygens (including phenoxy) is 1. The van der Waals surface area contributed by atoms with Crippen molar-refractivity contribution >= 4 is 16.7 Å². The summed E-state index contributed by atoms with van der Waals surface area (Å²) in [5.41, 5.74) is 8.67. The first-order valence-electron chi connectivity index (χ1n) is 10.2. The monoisotopic (exact) mass is 399 g/mol. The number of primary amides is 1. The van der Waals surface area contributed by atoms with Gasteiger partial charge in [-0.3, -0.25) is 9.48 Å². The van der Waals surface area contributed by atoms with E-state index >= 15 is 0 Å². The highest BCUT2D eigenvalue weighted by molar-refractivity contribution is 5.83. The van der Waals surface area contributed by atoms with Crippen LogP contribution in [-0.2, 0) is 24.2 Å². The largest absolute Gasteiger partial charge is 0.493 e. The number of aryl methyl sites for hydroxylation is 1. The fourth-order valence-electron chi connectivity index (χ4n) is 3.55. The molecule has 0 unspecified atom stereocenters. The van der Waals surface area contributed by atoms with E-state index in [1.807, 2.05) is 35.1 Å². The van der Waals surface area contributed by atoms with E-state index in [4.69, 9.17) is 10.5 Å². The van der Waals surface area contributed by atoms with Crippen LogP contribution in [0.2, 0.25) is 0 Å². The number of amides is 1. The number of carbonyl (C=O) groups excluding carboxylic acids is 1. The molecule has 152 valence electrons. The molecule has 30 heavy (non-hydrogen) atoms.